The number of hydrogen-bond donors (Lipinski definition) is 1. The molecule has 104 valence electrons. The zero-order valence-corrected chi connectivity index (χ0v) is 11.8. The molecular formula is C16H23FN2. The van der Waals surface area contributed by atoms with E-state index in [0.29, 0.717) is 18.8 Å². The van der Waals surface area contributed by atoms with Crippen molar-refractivity contribution in [2.45, 2.75) is 19.9 Å². The van der Waals surface area contributed by atoms with Crippen molar-refractivity contribution in [3.05, 3.63) is 54.9 Å². The van der Waals surface area contributed by atoms with Crippen LogP contribution < -0.4 is 10.2 Å². The normalized spacial score (nSPS) is 11.9. The van der Waals surface area contributed by atoms with E-state index in [-0.39, 0.29) is 11.9 Å². The third kappa shape index (κ3) is 4.21. The van der Waals surface area contributed by atoms with Gasteiger partial charge in [0.1, 0.15) is 5.82 Å². The van der Waals surface area contributed by atoms with E-state index < -0.39 is 0 Å². The molecule has 0 aromatic heterocycles. The van der Waals surface area contributed by atoms with Crippen LogP contribution in [0.25, 0.3) is 0 Å². The first-order valence-corrected chi connectivity index (χ1v) is 6.63. The Bertz CT molecular complexity index is 419. The maximum absolute atomic E-state index is 14.2. The fourth-order valence-corrected chi connectivity index (χ4v) is 2.06. The molecule has 0 aliphatic carbocycles. The van der Waals surface area contributed by atoms with Crippen molar-refractivity contribution in [1.29, 1.82) is 0 Å². The molecule has 0 heterocycles. The fraction of sp³-hybridized carbons (Fsp3) is 0.375. The van der Waals surface area contributed by atoms with Crippen LogP contribution in [0.4, 0.5) is 10.1 Å². The van der Waals surface area contributed by atoms with Gasteiger partial charge in [-0.05, 0) is 31.2 Å². The average molecular weight is 262 g/mol. The van der Waals surface area contributed by atoms with E-state index in [2.05, 4.69) is 18.5 Å². The zero-order valence-electron chi connectivity index (χ0n) is 11.8. The first kappa shape index (κ1) is 15.4. The van der Waals surface area contributed by atoms with Crippen molar-refractivity contribution >= 4 is 5.69 Å². The van der Waals surface area contributed by atoms with Crippen molar-refractivity contribution in [2.75, 3.05) is 24.5 Å². The van der Waals surface area contributed by atoms with Gasteiger partial charge in [-0.3, -0.25) is 0 Å². The lowest BCUT2D eigenvalue weighted by molar-refractivity contribution is 0.582. The Morgan fingerprint density at radius 3 is 2.42 bits per heavy atom. The minimum absolute atomic E-state index is 0.154. The molecule has 0 radical (unpaired) electrons. The van der Waals surface area contributed by atoms with Gasteiger partial charge in [0.15, 0.2) is 0 Å². The minimum Gasteiger partial charge on any atom is -0.362 e. The van der Waals surface area contributed by atoms with Gasteiger partial charge in [0.2, 0.25) is 0 Å². The van der Waals surface area contributed by atoms with Crippen LogP contribution in [0.1, 0.15) is 25.5 Å². The number of nitrogens with one attached hydrogen (secondary N) is 1. The molecule has 0 saturated heterocycles. The molecular weight excluding hydrogens is 239 g/mol. The number of rotatable bonds is 8. The molecule has 2 nitrogen and oxygen atoms in total. The van der Waals surface area contributed by atoms with Crippen molar-refractivity contribution in [3.63, 3.8) is 0 Å². The molecule has 0 spiro atoms. The van der Waals surface area contributed by atoms with Gasteiger partial charge < -0.3 is 10.2 Å². The van der Waals surface area contributed by atoms with Crippen molar-refractivity contribution in [2.24, 2.45) is 0 Å². The smallest absolute Gasteiger partial charge is 0.146 e. The third-order valence-electron chi connectivity index (χ3n) is 3.02. The molecule has 0 aliphatic rings. The van der Waals surface area contributed by atoms with Crippen LogP contribution in [0, 0.1) is 5.82 Å². The van der Waals surface area contributed by atoms with E-state index in [1.807, 2.05) is 30.9 Å². The molecule has 1 atom stereocenters. The number of benzene rings is 1. The Labute approximate surface area is 115 Å². The summed E-state index contributed by atoms with van der Waals surface area (Å²) in [4.78, 5) is 1.90. The standard InChI is InChI=1S/C16H23FN2/c1-5-10-19(11-6-2)16-9-8-14(12-15(16)17)13(4)18-7-3/h5-6,8-9,12-13,18H,1-2,7,10-11H2,3-4H3. The summed E-state index contributed by atoms with van der Waals surface area (Å²) in [5.41, 5.74) is 1.55. The highest BCUT2D eigenvalue weighted by atomic mass is 19.1. The lowest BCUT2D eigenvalue weighted by atomic mass is 10.1. The average Bonchev–Trinajstić information content (AvgIpc) is 2.39. The first-order chi connectivity index (χ1) is 9.13. The summed E-state index contributed by atoms with van der Waals surface area (Å²) in [6.07, 6.45) is 3.52. The quantitative estimate of drug-likeness (QED) is 0.719. The molecule has 1 aromatic rings. The van der Waals surface area contributed by atoms with Crippen molar-refractivity contribution < 1.29 is 4.39 Å². The maximum Gasteiger partial charge on any atom is 0.146 e. The van der Waals surface area contributed by atoms with E-state index >= 15 is 0 Å². The Morgan fingerprint density at radius 2 is 1.95 bits per heavy atom. The van der Waals surface area contributed by atoms with E-state index in [0.717, 1.165) is 12.1 Å². The van der Waals surface area contributed by atoms with Gasteiger partial charge in [-0.2, -0.15) is 0 Å². The van der Waals surface area contributed by atoms with E-state index in [9.17, 15) is 4.39 Å². The van der Waals surface area contributed by atoms with Crippen molar-refractivity contribution in [1.82, 2.24) is 5.32 Å². The van der Waals surface area contributed by atoms with Crippen LogP contribution >= 0.6 is 0 Å². The molecule has 3 heteroatoms. The lowest BCUT2D eigenvalue weighted by Crippen LogP contribution is -2.24. The molecule has 0 fully saturated rings. The highest BCUT2D eigenvalue weighted by molar-refractivity contribution is 5.50. The van der Waals surface area contributed by atoms with Gasteiger partial charge in [0.05, 0.1) is 5.69 Å². The Kier molecular flexibility index (Phi) is 6.30. The van der Waals surface area contributed by atoms with Crippen LogP contribution in [0.15, 0.2) is 43.5 Å². The lowest BCUT2D eigenvalue weighted by Gasteiger charge is -2.23. The zero-order chi connectivity index (χ0) is 14.3. The van der Waals surface area contributed by atoms with E-state index in [1.165, 1.54) is 0 Å². The first-order valence-electron chi connectivity index (χ1n) is 6.63. The summed E-state index contributed by atoms with van der Waals surface area (Å²) in [6, 6.07) is 5.54. The molecule has 19 heavy (non-hydrogen) atoms. The topological polar surface area (TPSA) is 15.3 Å². The molecule has 0 amide bonds. The van der Waals surface area contributed by atoms with Gasteiger partial charge in [0.25, 0.3) is 0 Å². The Morgan fingerprint density at radius 1 is 1.32 bits per heavy atom. The predicted molar refractivity (Wildman–Crippen MR) is 81.1 cm³/mol. The Hall–Kier alpha value is -1.61. The van der Waals surface area contributed by atoms with Gasteiger partial charge >= 0.3 is 0 Å². The largest absolute Gasteiger partial charge is 0.362 e. The van der Waals surface area contributed by atoms with Crippen LogP contribution in [-0.4, -0.2) is 19.6 Å². The van der Waals surface area contributed by atoms with Gasteiger partial charge in [-0.15, -0.1) is 13.2 Å². The number of nitrogens with zero attached hydrogens (tertiary/aromatic N) is 1. The highest BCUT2D eigenvalue weighted by Crippen LogP contribution is 2.23. The number of halogens is 1. The maximum atomic E-state index is 14.2. The van der Waals surface area contributed by atoms with Crippen LogP contribution in [-0.2, 0) is 0 Å². The molecule has 1 rings (SSSR count). The number of anilines is 1. The van der Waals surface area contributed by atoms with Crippen LogP contribution in [0.5, 0.6) is 0 Å². The van der Waals surface area contributed by atoms with Crippen LogP contribution in [0.3, 0.4) is 0 Å². The Balaban J connectivity index is 2.97. The summed E-state index contributed by atoms with van der Waals surface area (Å²) in [6.45, 7) is 13.5. The predicted octanol–water partition coefficient (Wildman–Crippen LogP) is 3.67. The van der Waals surface area contributed by atoms with Gasteiger partial charge in [-0.25, -0.2) is 4.39 Å². The fourth-order valence-electron chi connectivity index (χ4n) is 2.06. The highest BCUT2D eigenvalue weighted by Gasteiger charge is 2.12. The summed E-state index contributed by atoms with van der Waals surface area (Å²) < 4.78 is 14.2. The summed E-state index contributed by atoms with van der Waals surface area (Å²) in [5.74, 6) is -0.203. The summed E-state index contributed by atoms with van der Waals surface area (Å²) in [7, 11) is 0. The molecule has 1 aromatic carbocycles. The monoisotopic (exact) mass is 262 g/mol. The second-order valence-corrected chi connectivity index (χ2v) is 4.47. The summed E-state index contributed by atoms with van der Waals surface area (Å²) in [5, 5.41) is 3.28. The second-order valence-electron chi connectivity index (χ2n) is 4.47. The molecule has 1 N–H and O–H groups in total. The molecule has 1 unspecified atom stereocenters. The van der Waals surface area contributed by atoms with Crippen LogP contribution in [0.2, 0.25) is 0 Å². The van der Waals surface area contributed by atoms with E-state index in [4.69, 9.17) is 0 Å². The SMILES string of the molecule is C=CCN(CC=C)c1ccc(C(C)NCC)cc1F. The molecule has 0 saturated carbocycles. The van der Waals surface area contributed by atoms with Gasteiger partial charge in [-0.1, -0.05) is 25.1 Å². The number of hydrogen-bond acceptors (Lipinski definition) is 2. The van der Waals surface area contributed by atoms with Gasteiger partial charge in [0, 0.05) is 19.1 Å². The summed E-state index contributed by atoms with van der Waals surface area (Å²) >= 11 is 0. The molecule has 0 bridgehead atoms. The minimum atomic E-state index is -0.203. The van der Waals surface area contributed by atoms with Crippen molar-refractivity contribution in [3.8, 4) is 0 Å². The molecule has 0 aliphatic heterocycles. The van der Waals surface area contributed by atoms with E-state index in [1.54, 1.807) is 18.2 Å². The third-order valence-corrected chi connectivity index (χ3v) is 3.02. The second kappa shape index (κ2) is 7.74.